The van der Waals surface area contributed by atoms with Crippen LogP contribution in [-0.2, 0) is 0 Å². The quantitative estimate of drug-likeness (QED) is 0.302. The third-order valence-corrected chi connectivity index (χ3v) is 4.32. The van der Waals surface area contributed by atoms with Crippen molar-refractivity contribution in [1.29, 1.82) is 0 Å². The van der Waals surface area contributed by atoms with Crippen molar-refractivity contribution in [2.75, 3.05) is 0 Å². The van der Waals surface area contributed by atoms with Crippen molar-refractivity contribution in [3.8, 4) is 17.2 Å². The van der Waals surface area contributed by atoms with Crippen LogP contribution in [0.2, 0.25) is 0 Å². The Morgan fingerprint density at radius 3 is 2.75 bits per heavy atom. The number of phenolic OH excluding ortho intramolecular Hbond substituents is 1. The number of aliphatic imine (C=N–C) groups is 1. The zero-order valence-corrected chi connectivity index (χ0v) is 14.9. The SMILES string of the molecule is Cc1ccccc1-c1nc2cc(N=Cc3cc([N+](=O)[O-])ccc3O)ccc2o1. The van der Waals surface area contributed by atoms with E-state index in [1.807, 2.05) is 31.2 Å². The van der Waals surface area contributed by atoms with Gasteiger partial charge in [-0.15, -0.1) is 0 Å². The fourth-order valence-corrected chi connectivity index (χ4v) is 2.83. The minimum Gasteiger partial charge on any atom is -0.507 e. The number of nitro benzene ring substituents is 1. The fraction of sp³-hybridized carbons (Fsp3) is 0.0476. The number of hydrogen-bond donors (Lipinski definition) is 1. The van der Waals surface area contributed by atoms with Crippen LogP contribution >= 0.6 is 0 Å². The molecule has 0 aliphatic heterocycles. The maximum Gasteiger partial charge on any atom is 0.270 e. The molecule has 1 aromatic heterocycles. The molecule has 0 unspecified atom stereocenters. The monoisotopic (exact) mass is 373 g/mol. The zero-order chi connectivity index (χ0) is 19.7. The molecule has 0 spiro atoms. The minimum absolute atomic E-state index is 0.0845. The lowest BCUT2D eigenvalue weighted by molar-refractivity contribution is -0.384. The summed E-state index contributed by atoms with van der Waals surface area (Å²) < 4.78 is 5.84. The number of fused-ring (bicyclic) bond motifs is 1. The number of nitro groups is 1. The lowest BCUT2D eigenvalue weighted by Crippen LogP contribution is -1.90. The highest BCUT2D eigenvalue weighted by atomic mass is 16.6. The van der Waals surface area contributed by atoms with Crippen molar-refractivity contribution in [2.45, 2.75) is 6.92 Å². The molecule has 4 aromatic rings. The van der Waals surface area contributed by atoms with Crippen LogP contribution in [0.25, 0.3) is 22.6 Å². The summed E-state index contributed by atoms with van der Waals surface area (Å²) in [6.07, 6.45) is 1.38. The van der Waals surface area contributed by atoms with Gasteiger partial charge in [0.2, 0.25) is 5.89 Å². The van der Waals surface area contributed by atoms with Crippen molar-refractivity contribution in [1.82, 2.24) is 4.98 Å². The summed E-state index contributed by atoms with van der Waals surface area (Å²) in [4.78, 5) is 19.2. The first-order valence-electron chi connectivity index (χ1n) is 8.49. The largest absolute Gasteiger partial charge is 0.507 e. The summed E-state index contributed by atoms with van der Waals surface area (Å²) in [6, 6.07) is 16.9. The second-order valence-corrected chi connectivity index (χ2v) is 6.24. The molecule has 7 heteroatoms. The van der Waals surface area contributed by atoms with Crippen LogP contribution in [-0.4, -0.2) is 21.2 Å². The van der Waals surface area contributed by atoms with Gasteiger partial charge in [0.25, 0.3) is 5.69 Å². The highest BCUT2D eigenvalue weighted by Gasteiger charge is 2.11. The molecule has 1 heterocycles. The number of rotatable bonds is 4. The van der Waals surface area contributed by atoms with Crippen LogP contribution in [0, 0.1) is 17.0 Å². The third kappa shape index (κ3) is 3.33. The lowest BCUT2D eigenvalue weighted by Gasteiger charge is -1.99. The number of phenols is 1. The van der Waals surface area contributed by atoms with Crippen molar-refractivity contribution in [2.24, 2.45) is 4.99 Å². The Kier molecular flexibility index (Phi) is 4.33. The predicted molar refractivity (Wildman–Crippen MR) is 106 cm³/mol. The van der Waals surface area contributed by atoms with Gasteiger partial charge >= 0.3 is 0 Å². The second kappa shape index (κ2) is 6.96. The number of oxazole rings is 1. The van der Waals surface area contributed by atoms with Gasteiger partial charge in [-0.05, 0) is 42.8 Å². The first-order valence-corrected chi connectivity index (χ1v) is 8.49. The molecule has 0 saturated carbocycles. The van der Waals surface area contributed by atoms with Gasteiger partial charge < -0.3 is 9.52 Å². The highest BCUT2D eigenvalue weighted by molar-refractivity contribution is 5.87. The number of aryl methyl sites for hydroxylation is 1. The first kappa shape index (κ1) is 17.4. The topological polar surface area (TPSA) is 102 Å². The average molecular weight is 373 g/mol. The molecule has 28 heavy (non-hydrogen) atoms. The van der Waals surface area contributed by atoms with E-state index < -0.39 is 4.92 Å². The highest BCUT2D eigenvalue weighted by Crippen LogP contribution is 2.29. The Morgan fingerprint density at radius 1 is 1.14 bits per heavy atom. The minimum atomic E-state index is -0.522. The van der Waals surface area contributed by atoms with E-state index in [0.717, 1.165) is 11.1 Å². The summed E-state index contributed by atoms with van der Waals surface area (Å²) in [6.45, 7) is 1.99. The smallest absolute Gasteiger partial charge is 0.270 e. The molecule has 0 saturated heterocycles. The molecule has 0 bridgehead atoms. The molecule has 0 atom stereocenters. The Bertz CT molecular complexity index is 1230. The first-order chi connectivity index (χ1) is 13.5. The molecule has 1 N–H and O–H groups in total. The Morgan fingerprint density at radius 2 is 1.96 bits per heavy atom. The van der Waals surface area contributed by atoms with E-state index in [9.17, 15) is 15.2 Å². The summed E-state index contributed by atoms with van der Waals surface area (Å²) in [5, 5.41) is 20.8. The van der Waals surface area contributed by atoms with E-state index in [-0.39, 0.29) is 17.0 Å². The van der Waals surface area contributed by atoms with E-state index >= 15 is 0 Å². The molecule has 0 aliphatic carbocycles. The van der Waals surface area contributed by atoms with Gasteiger partial charge in [0, 0.05) is 29.5 Å². The van der Waals surface area contributed by atoms with E-state index in [4.69, 9.17) is 4.42 Å². The van der Waals surface area contributed by atoms with Gasteiger partial charge in [0.1, 0.15) is 11.3 Å². The van der Waals surface area contributed by atoms with Crippen LogP contribution in [0.1, 0.15) is 11.1 Å². The van der Waals surface area contributed by atoms with Gasteiger partial charge in [-0.2, -0.15) is 0 Å². The van der Waals surface area contributed by atoms with Crippen molar-refractivity contribution in [3.63, 3.8) is 0 Å². The van der Waals surface area contributed by atoms with Crippen molar-refractivity contribution in [3.05, 3.63) is 81.9 Å². The van der Waals surface area contributed by atoms with E-state index in [1.54, 1.807) is 18.2 Å². The van der Waals surface area contributed by atoms with Crippen LogP contribution in [0.3, 0.4) is 0 Å². The van der Waals surface area contributed by atoms with Crippen molar-refractivity contribution >= 4 is 28.7 Å². The number of aromatic hydroxyl groups is 1. The maximum absolute atomic E-state index is 10.9. The lowest BCUT2D eigenvalue weighted by atomic mass is 10.1. The number of benzene rings is 3. The number of hydrogen-bond acceptors (Lipinski definition) is 6. The van der Waals surface area contributed by atoms with E-state index in [0.29, 0.717) is 22.7 Å². The summed E-state index contributed by atoms with van der Waals surface area (Å²) in [5.74, 6) is 0.448. The normalized spacial score (nSPS) is 11.3. The molecule has 138 valence electrons. The van der Waals surface area contributed by atoms with Gasteiger partial charge in [-0.25, -0.2) is 4.98 Å². The van der Waals surface area contributed by atoms with Crippen LogP contribution in [0.4, 0.5) is 11.4 Å². The van der Waals surface area contributed by atoms with Crippen LogP contribution in [0.5, 0.6) is 5.75 Å². The molecule has 0 aliphatic rings. The van der Waals surface area contributed by atoms with Gasteiger partial charge in [0.05, 0.1) is 10.6 Å². The molecule has 0 fully saturated rings. The van der Waals surface area contributed by atoms with Gasteiger partial charge in [-0.1, -0.05) is 18.2 Å². The second-order valence-electron chi connectivity index (χ2n) is 6.24. The molecule has 0 radical (unpaired) electrons. The standard InChI is InChI=1S/C21H15N3O4/c1-13-4-2-3-5-17(13)21-23-18-11-15(6-9-20(18)28-21)22-12-14-10-16(24(26)27)7-8-19(14)25/h2-12,25H,1H3. The predicted octanol–water partition coefficient (Wildman–Crippen LogP) is 5.17. The van der Waals surface area contributed by atoms with Crippen LogP contribution < -0.4 is 0 Å². The molecule has 4 rings (SSSR count). The Labute approximate surface area is 159 Å². The Balaban J connectivity index is 1.67. The van der Waals surface area contributed by atoms with E-state index in [2.05, 4.69) is 9.98 Å². The third-order valence-electron chi connectivity index (χ3n) is 4.32. The number of aromatic nitrogens is 1. The Hall–Kier alpha value is -4.00. The summed E-state index contributed by atoms with van der Waals surface area (Å²) >= 11 is 0. The molecule has 7 nitrogen and oxygen atoms in total. The van der Waals surface area contributed by atoms with Crippen molar-refractivity contribution < 1.29 is 14.4 Å². The number of nitrogens with zero attached hydrogens (tertiary/aromatic N) is 3. The maximum atomic E-state index is 10.9. The van der Waals surface area contributed by atoms with Gasteiger partial charge in [0.15, 0.2) is 5.58 Å². The molecular weight excluding hydrogens is 358 g/mol. The van der Waals surface area contributed by atoms with Gasteiger partial charge in [-0.3, -0.25) is 15.1 Å². The summed E-state index contributed by atoms with van der Waals surface area (Å²) in [7, 11) is 0. The number of non-ortho nitro benzene ring substituents is 1. The average Bonchev–Trinajstić information content (AvgIpc) is 3.10. The molecule has 0 amide bonds. The van der Waals surface area contributed by atoms with Crippen LogP contribution in [0.15, 0.2) is 70.1 Å². The summed E-state index contributed by atoms with van der Waals surface area (Å²) in [5.41, 5.74) is 4.00. The zero-order valence-electron chi connectivity index (χ0n) is 14.9. The molecular formula is C21H15N3O4. The molecule has 3 aromatic carbocycles. The van der Waals surface area contributed by atoms with E-state index in [1.165, 1.54) is 24.4 Å². The fourth-order valence-electron chi connectivity index (χ4n) is 2.83.